The van der Waals surface area contributed by atoms with Crippen LogP contribution < -0.4 is 0 Å². The van der Waals surface area contributed by atoms with Gasteiger partial charge in [0.1, 0.15) is 6.17 Å². The van der Waals surface area contributed by atoms with Crippen molar-refractivity contribution >= 4 is 0 Å². The van der Waals surface area contributed by atoms with E-state index in [0.717, 1.165) is 6.54 Å². The minimum Gasteiger partial charge on any atom is -0.356 e. The first-order valence-electron chi connectivity index (χ1n) is 5.92. The summed E-state index contributed by atoms with van der Waals surface area (Å²) in [5, 5.41) is 0. The third kappa shape index (κ3) is 2.43. The fourth-order valence-electron chi connectivity index (χ4n) is 2.07. The Labute approximate surface area is 88.6 Å². The number of hydrogen-bond acceptors (Lipinski definition) is 2. The summed E-state index contributed by atoms with van der Waals surface area (Å²) in [6, 6.07) is 0.615. The maximum atomic E-state index is 2.47. The van der Waals surface area contributed by atoms with Gasteiger partial charge < -0.3 is 9.80 Å². The van der Waals surface area contributed by atoms with E-state index in [4.69, 9.17) is 0 Å². The standard InChI is InChI=1S/C12H24N2/c1-5-7-8-12-13(6-2)9-10-14(12)11(3)4/h9-12H,5-8H2,1-4H3. The van der Waals surface area contributed by atoms with Crippen LogP contribution in [-0.4, -0.2) is 28.6 Å². The van der Waals surface area contributed by atoms with Crippen LogP contribution in [0.3, 0.4) is 0 Å². The van der Waals surface area contributed by atoms with Crippen LogP contribution in [0.2, 0.25) is 0 Å². The lowest BCUT2D eigenvalue weighted by atomic mass is 10.1. The van der Waals surface area contributed by atoms with Gasteiger partial charge in [0, 0.05) is 25.0 Å². The Balaban J connectivity index is 2.55. The summed E-state index contributed by atoms with van der Waals surface area (Å²) < 4.78 is 0. The third-order valence-corrected chi connectivity index (χ3v) is 2.93. The number of unbranched alkanes of at least 4 members (excludes halogenated alkanes) is 1. The van der Waals surface area contributed by atoms with E-state index in [0.29, 0.717) is 12.2 Å². The van der Waals surface area contributed by atoms with E-state index in [1.54, 1.807) is 0 Å². The second-order valence-electron chi connectivity index (χ2n) is 4.29. The second kappa shape index (κ2) is 5.28. The van der Waals surface area contributed by atoms with Crippen molar-refractivity contribution in [2.24, 2.45) is 0 Å². The first-order valence-corrected chi connectivity index (χ1v) is 5.92. The molecule has 1 unspecified atom stereocenters. The Hall–Kier alpha value is -0.660. The van der Waals surface area contributed by atoms with Crippen LogP contribution in [0.1, 0.15) is 47.0 Å². The summed E-state index contributed by atoms with van der Waals surface area (Å²) >= 11 is 0. The average Bonchev–Trinajstić information content (AvgIpc) is 2.57. The van der Waals surface area contributed by atoms with Crippen molar-refractivity contribution in [3.63, 3.8) is 0 Å². The van der Waals surface area contributed by atoms with Gasteiger partial charge in [0.05, 0.1) is 0 Å². The van der Waals surface area contributed by atoms with Gasteiger partial charge in [-0.3, -0.25) is 0 Å². The molecule has 0 N–H and O–H groups in total. The Morgan fingerprint density at radius 1 is 1.21 bits per heavy atom. The molecule has 0 spiro atoms. The van der Waals surface area contributed by atoms with Gasteiger partial charge in [0.15, 0.2) is 0 Å². The highest BCUT2D eigenvalue weighted by Gasteiger charge is 2.25. The predicted octanol–water partition coefficient (Wildman–Crippen LogP) is 3.02. The smallest absolute Gasteiger partial charge is 0.101 e. The molecule has 0 fully saturated rings. The van der Waals surface area contributed by atoms with E-state index in [1.807, 2.05) is 0 Å². The molecule has 82 valence electrons. The molecule has 14 heavy (non-hydrogen) atoms. The second-order valence-corrected chi connectivity index (χ2v) is 4.29. The summed E-state index contributed by atoms with van der Waals surface area (Å²) in [6.45, 7) is 10.1. The van der Waals surface area contributed by atoms with Gasteiger partial charge in [-0.1, -0.05) is 13.3 Å². The lowest BCUT2D eigenvalue weighted by molar-refractivity contribution is 0.120. The fraction of sp³-hybridized carbons (Fsp3) is 0.833. The summed E-state index contributed by atoms with van der Waals surface area (Å²) in [7, 11) is 0. The zero-order valence-corrected chi connectivity index (χ0v) is 10.0. The quantitative estimate of drug-likeness (QED) is 0.667. The largest absolute Gasteiger partial charge is 0.356 e. The van der Waals surface area contributed by atoms with Crippen molar-refractivity contribution < 1.29 is 0 Å². The molecule has 1 atom stereocenters. The zero-order chi connectivity index (χ0) is 10.6. The molecule has 0 radical (unpaired) electrons. The van der Waals surface area contributed by atoms with Crippen molar-refractivity contribution in [1.29, 1.82) is 0 Å². The maximum absolute atomic E-state index is 2.47. The Morgan fingerprint density at radius 2 is 1.93 bits per heavy atom. The van der Waals surface area contributed by atoms with Crippen LogP contribution in [-0.2, 0) is 0 Å². The van der Waals surface area contributed by atoms with E-state index in [2.05, 4.69) is 49.9 Å². The molecule has 0 bridgehead atoms. The molecule has 0 amide bonds. The topological polar surface area (TPSA) is 6.48 Å². The Bertz CT molecular complexity index is 187. The minimum absolute atomic E-state index is 0.611. The normalized spacial score (nSPS) is 21.4. The maximum Gasteiger partial charge on any atom is 0.101 e. The SMILES string of the molecule is CCCCC1N(CC)C=CN1C(C)C. The van der Waals surface area contributed by atoms with E-state index in [-0.39, 0.29) is 0 Å². The molecule has 0 aromatic heterocycles. The lowest BCUT2D eigenvalue weighted by Crippen LogP contribution is -2.41. The molecule has 1 aliphatic rings. The van der Waals surface area contributed by atoms with E-state index >= 15 is 0 Å². The predicted molar refractivity (Wildman–Crippen MR) is 61.8 cm³/mol. The van der Waals surface area contributed by atoms with Gasteiger partial charge in [-0.2, -0.15) is 0 Å². The first kappa shape index (κ1) is 11.4. The highest BCUT2D eigenvalue weighted by Crippen LogP contribution is 2.22. The van der Waals surface area contributed by atoms with Crippen molar-refractivity contribution in [1.82, 2.24) is 9.80 Å². The monoisotopic (exact) mass is 196 g/mol. The number of hydrogen-bond donors (Lipinski definition) is 0. The zero-order valence-electron chi connectivity index (χ0n) is 10.0. The summed E-state index contributed by atoms with van der Waals surface area (Å²) in [5.74, 6) is 0. The van der Waals surface area contributed by atoms with Gasteiger partial charge in [0.25, 0.3) is 0 Å². The van der Waals surface area contributed by atoms with Gasteiger partial charge in [-0.15, -0.1) is 0 Å². The molecular formula is C12H24N2. The Morgan fingerprint density at radius 3 is 2.43 bits per heavy atom. The molecular weight excluding hydrogens is 172 g/mol. The molecule has 1 rings (SSSR count). The van der Waals surface area contributed by atoms with Crippen LogP contribution in [0, 0.1) is 0 Å². The van der Waals surface area contributed by atoms with Gasteiger partial charge in [-0.05, 0) is 33.6 Å². The third-order valence-electron chi connectivity index (χ3n) is 2.93. The molecule has 1 heterocycles. The van der Waals surface area contributed by atoms with E-state index < -0.39 is 0 Å². The van der Waals surface area contributed by atoms with Crippen LogP contribution in [0.15, 0.2) is 12.4 Å². The van der Waals surface area contributed by atoms with Crippen molar-refractivity contribution in [2.45, 2.75) is 59.2 Å². The molecule has 1 aliphatic heterocycles. The fourth-order valence-corrected chi connectivity index (χ4v) is 2.07. The highest BCUT2D eigenvalue weighted by atomic mass is 15.4. The average molecular weight is 196 g/mol. The lowest BCUT2D eigenvalue weighted by Gasteiger charge is -2.34. The van der Waals surface area contributed by atoms with E-state index in [9.17, 15) is 0 Å². The van der Waals surface area contributed by atoms with Crippen LogP contribution in [0.5, 0.6) is 0 Å². The van der Waals surface area contributed by atoms with Gasteiger partial charge in [-0.25, -0.2) is 0 Å². The molecule has 2 nitrogen and oxygen atoms in total. The summed E-state index contributed by atoms with van der Waals surface area (Å²) in [4.78, 5) is 4.91. The summed E-state index contributed by atoms with van der Waals surface area (Å²) in [5.41, 5.74) is 0. The van der Waals surface area contributed by atoms with Crippen LogP contribution >= 0.6 is 0 Å². The van der Waals surface area contributed by atoms with Gasteiger partial charge >= 0.3 is 0 Å². The van der Waals surface area contributed by atoms with Crippen molar-refractivity contribution in [3.8, 4) is 0 Å². The number of nitrogens with zero attached hydrogens (tertiary/aromatic N) is 2. The molecule has 0 aromatic rings. The first-order chi connectivity index (χ1) is 6.70. The van der Waals surface area contributed by atoms with Crippen molar-refractivity contribution in [3.05, 3.63) is 12.4 Å². The van der Waals surface area contributed by atoms with Gasteiger partial charge in [0.2, 0.25) is 0 Å². The molecule has 0 aliphatic carbocycles. The van der Waals surface area contributed by atoms with Crippen molar-refractivity contribution in [2.75, 3.05) is 6.54 Å². The molecule has 2 heteroatoms. The van der Waals surface area contributed by atoms with Crippen LogP contribution in [0.25, 0.3) is 0 Å². The Kier molecular flexibility index (Phi) is 4.30. The highest BCUT2D eigenvalue weighted by molar-refractivity contribution is 4.97. The minimum atomic E-state index is 0.611. The summed E-state index contributed by atoms with van der Waals surface area (Å²) in [6.07, 6.45) is 9.00. The van der Waals surface area contributed by atoms with E-state index in [1.165, 1.54) is 19.3 Å². The molecule has 0 saturated heterocycles. The molecule has 0 saturated carbocycles. The van der Waals surface area contributed by atoms with Crippen LogP contribution in [0.4, 0.5) is 0 Å². The molecule has 0 aromatic carbocycles. The number of rotatable bonds is 5.